The summed E-state index contributed by atoms with van der Waals surface area (Å²) >= 11 is 7.43. The van der Waals surface area contributed by atoms with Gasteiger partial charge in [0.05, 0.1) is 12.8 Å². The van der Waals surface area contributed by atoms with Gasteiger partial charge in [0.15, 0.2) is 5.16 Å². The van der Waals surface area contributed by atoms with Crippen LogP contribution in [0.2, 0.25) is 5.02 Å². The predicted octanol–water partition coefficient (Wildman–Crippen LogP) is 3.97. The lowest BCUT2D eigenvalue weighted by atomic mass is 10.2. The molecule has 0 unspecified atom stereocenters. The molecule has 0 spiro atoms. The molecule has 0 aliphatic rings. The van der Waals surface area contributed by atoms with Crippen molar-refractivity contribution in [2.75, 3.05) is 7.11 Å². The number of nitrogens with zero attached hydrogens (tertiary/aromatic N) is 4. The van der Waals surface area contributed by atoms with E-state index in [-0.39, 0.29) is 17.0 Å². The average molecular weight is 417 g/mol. The van der Waals surface area contributed by atoms with Crippen molar-refractivity contribution in [1.29, 1.82) is 0 Å². The molecule has 0 bridgehead atoms. The van der Waals surface area contributed by atoms with Gasteiger partial charge in [0, 0.05) is 23.2 Å². The molecule has 6 nitrogen and oxygen atoms in total. The maximum atomic E-state index is 13.2. The van der Waals surface area contributed by atoms with Gasteiger partial charge >= 0.3 is 5.56 Å². The molecular weight excluding hydrogens is 403 g/mol. The quantitative estimate of drug-likeness (QED) is 0.461. The molecule has 142 valence electrons. The van der Waals surface area contributed by atoms with Gasteiger partial charge in [-0.2, -0.15) is 0 Å². The SMILES string of the molecule is COc1ccccc1-n1ccn2c(SCc3ccc(F)cc3Cl)nnc2c1=O. The van der Waals surface area contributed by atoms with Gasteiger partial charge in [-0.25, -0.2) is 4.39 Å². The van der Waals surface area contributed by atoms with Crippen molar-refractivity contribution in [3.8, 4) is 11.4 Å². The number of halogens is 2. The Bertz CT molecular complexity index is 1220. The molecule has 4 rings (SSSR count). The molecule has 28 heavy (non-hydrogen) atoms. The first-order chi connectivity index (χ1) is 13.6. The van der Waals surface area contributed by atoms with Crippen molar-refractivity contribution in [1.82, 2.24) is 19.2 Å². The molecule has 2 heterocycles. The first-order valence-electron chi connectivity index (χ1n) is 8.25. The van der Waals surface area contributed by atoms with Gasteiger partial charge in [-0.05, 0) is 29.8 Å². The van der Waals surface area contributed by atoms with Crippen LogP contribution in [0.5, 0.6) is 5.75 Å². The topological polar surface area (TPSA) is 61.4 Å². The fourth-order valence-electron chi connectivity index (χ4n) is 2.76. The van der Waals surface area contributed by atoms with Crippen LogP contribution in [0.15, 0.2) is 64.8 Å². The maximum Gasteiger partial charge on any atom is 0.300 e. The lowest BCUT2D eigenvalue weighted by Crippen LogP contribution is -2.20. The van der Waals surface area contributed by atoms with E-state index < -0.39 is 0 Å². The van der Waals surface area contributed by atoms with Crippen LogP contribution in [0.3, 0.4) is 0 Å². The van der Waals surface area contributed by atoms with Gasteiger partial charge in [0.25, 0.3) is 0 Å². The number of ether oxygens (including phenoxy) is 1. The van der Waals surface area contributed by atoms with Gasteiger partial charge in [-0.1, -0.05) is 41.6 Å². The summed E-state index contributed by atoms with van der Waals surface area (Å²) in [5.74, 6) is 0.660. The zero-order valence-corrected chi connectivity index (χ0v) is 16.2. The fraction of sp³-hybridized carbons (Fsp3) is 0.105. The largest absolute Gasteiger partial charge is 0.495 e. The Hall–Kier alpha value is -2.84. The van der Waals surface area contributed by atoms with E-state index >= 15 is 0 Å². The van der Waals surface area contributed by atoms with E-state index in [9.17, 15) is 9.18 Å². The second-order valence-electron chi connectivity index (χ2n) is 5.85. The summed E-state index contributed by atoms with van der Waals surface area (Å²) < 4.78 is 21.6. The Morgan fingerprint density at radius 2 is 2.00 bits per heavy atom. The molecule has 2 aromatic heterocycles. The van der Waals surface area contributed by atoms with E-state index in [4.69, 9.17) is 16.3 Å². The minimum absolute atomic E-state index is 0.195. The molecule has 9 heteroatoms. The summed E-state index contributed by atoms with van der Waals surface area (Å²) in [4.78, 5) is 12.9. The molecule has 0 amide bonds. The summed E-state index contributed by atoms with van der Waals surface area (Å²) in [6, 6.07) is 11.5. The van der Waals surface area contributed by atoms with Gasteiger partial charge in [-0.15, -0.1) is 10.2 Å². The molecule has 0 atom stereocenters. The van der Waals surface area contributed by atoms with Gasteiger partial charge in [-0.3, -0.25) is 13.8 Å². The van der Waals surface area contributed by atoms with Crippen molar-refractivity contribution in [2.24, 2.45) is 0 Å². The van der Waals surface area contributed by atoms with Crippen LogP contribution in [0, 0.1) is 5.82 Å². The highest BCUT2D eigenvalue weighted by Crippen LogP contribution is 2.26. The zero-order valence-electron chi connectivity index (χ0n) is 14.7. The lowest BCUT2D eigenvalue weighted by Gasteiger charge is -2.10. The normalized spacial score (nSPS) is 11.1. The van der Waals surface area contributed by atoms with Crippen molar-refractivity contribution in [3.05, 3.63) is 81.6 Å². The Labute approximate surface area is 168 Å². The third-order valence-corrected chi connectivity index (χ3v) is 5.50. The standard InChI is InChI=1S/C19H14ClFN4O2S/c1-27-16-5-3-2-4-15(16)24-8-9-25-17(18(24)26)22-23-19(25)28-11-12-6-7-13(21)10-14(12)20/h2-10H,11H2,1H3. The molecule has 4 aromatic rings. The summed E-state index contributed by atoms with van der Waals surface area (Å²) in [6.45, 7) is 0. The monoisotopic (exact) mass is 416 g/mol. The van der Waals surface area contributed by atoms with Crippen LogP contribution in [0.25, 0.3) is 11.3 Å². The lowest BCUT2D eigenvalue weighted by molar-refractivity contribution is 0.412. The van der Waals surface area contributed by atoms with E-state index in [2.05, 4.69) is 10.2 Å². The van der Waals surface area contributed by atoms with Crippen LogP contribution in [-0.4, -0.2) is 26.3 Å². The number of hydrogen-bond donors (Lipinski definition) is 0. The molecule has 0 saturated carbocycles. The van der Waals surface area contributed by atoms with E-state index in [1.807, 2.05) is 12.1 Å². The van der Waals surface area contributed by atoms with Gasteiger partial charge in [0.2, 0.25) is 5.65 Å². The number of para-hydroxylation sites is 2. The highest BCUT2D eigenvalue weighted by atomic mass is 35.5. The fourth-order valence-corrected chi connectivity index (χ4v) is 4.00. The van der Waals surface area contributed by atoms with Crippen LogP contribution in [0.1, 0.15) is 5.56 Å². The second-order valence-corrected chi connectivity index (χ2v) is 7.20. The minimum atomic E-state index is -0.386. The number of rotatable bonds is 5. The molecule has 0 aliphatic carbocycles. The Morgan fingerprint density at radius 3 is 2.79 bits per heavy atom. The van der Waals surface area contributed by atoms with Crippen LogP contribution >= 0.6 is 23.4 Å². The Morgan fingerprint density at radius 1 is 1.18 bits per heavy atom. The van der Waals surface area contributed by atoms with Gasteiger partial charge in [0.1, 0.15) is 11.6 Å². The molecule has 2 aromatic carbocycles. The smallest absolute Gasteiger partial charge is 0.300 e. The summed E-state index contributed by atoms with van der Waals surface area (Å²) in [6.07, 6.45) is 3.36. The van der Waals surface area contributed by atoms with Crippen LogP contribution in [0.4, 0.5) is 4.39 Å². The second kappa shape index (κ2) is 7.65. The number of hydrogen-bond acceptors (Lipinski definition) is 5. The third kappa shape index (κ3) is 3.36. The first kappa shape index (κ1) is 18.5. The molecule has 0 aliphatic heterocycles. The van der Waals surface area contributed by atoms with Crippen molar-refractivity contribution >= 4 is 29.0 Å². The third-order valence-electron chi connectivity index (χ3n) is 4.16. The molecule has 0 fully saturated rings. The number of methoxy groups -OCH3 is 1. The number of thioether (sulfide) groups is 1. The van der Waals surface area contributed by atoms with E-state index in [1.54, 1.807) is 42.1 Å². The summed E-state index contributed by atoms with van der Waals surface area (Å²) in [5, 5.41) is 9.03. The number of aromatic nitrogens is 4. The Kier molecular flexibility index (Phi) is 5.06. The molecule has 0 radical (unpaired) electrons. The van der Waals surface area contributed by atoms with Gasteiger partial charge < -0.3 is 4.74 Å². The summed E-state index contributed by atoms with van der Waals surface area (Å²) in [7, 11) is 1.55. The zero-order chi connectivity index (χ0) is 19.7. The molecule has 0 N–H and O–H groups in total. The van der Waals surface area contributed by atoms with Crippen LogP contribution < -0.4 is 10.3 Å². The van der Waals surface area contributed by atoms with E-state index in [0.717, 1.165) is 5.56 Å². The van der Waals surface area contributed by atoms with Crippen molar-refractivity contribution < 1.29 is 9.13 Å². The van der Waals surface area contributed by atoms with Crippen LogP contribution in [-0.2, 0) is 5.75 Å². The molecular formula is C19H14ClFN4O2S. The van der Waals surface area contributed by atoms with Crippen molar-refractivity contribution in [2.45, 2.75) is 10.9 Å². The predicted molar refractivity (Wildman–Crippen MR) is 106 cm³/mol. The highest BCUT2D eigenvalue weighted by molar-refractivity contribution is 7.98. The Balaban J connectivity index is 1.68. The maximum absolute atomic E-state index is 13.2. The highest BCUT2D eigenvalue weighted by Gasteiger charge is 2.14. The average Bonchev–Trinajstić information content (AvgIpc) is 3.12. The number of fused-ring (bicyclic) bond motifs is 1. The number of benzene rings is 2. The molecule has 0 saturated heterocycles. The first-order valence-corrected chi connectivity index (χ1v) is 9.61. The van der Waals surface area contributed by atoms with E-state index in [0.29, 0.717) is 27.4 Å². The van der Waals surface area contributed by atoms with Crippen molar-refractivity contribution in [3.63, 3.8) is 0 Å². The summed E-state index contributed by atoms with van der Waals surface area (Å²) in [5.41, 5.74) is 1.27. The van der Waals surface area contributed by atoms with E-state index in [1.165, 1.54) is 28.5 Å². The minimum Gasteiger partial charge on any atom is -0.495 e.